The summed E-state index contributed by atoms with van der Waals surface area (Å²) in [5, 5.41) is 18.5. The minimum atomic E-state index is -0.307. The number of ether oxygens (including phenoxy) is 1. The van der Waals surface area contributed by atoms with Gasteiger partial charge in [0, 0.05) is 29.9 Å². The van der Waals surface area contributed by atoms with Crippen LogP contribution in [0.15, 0.2) is 23.9 Å². The summed E-state index contributed by atoms with van der Waals surface area (Å²) in [6, 6.07) is 3.57. The van der Waals surface area contributed by atoms with E-state index < -0.39 is 0 Å². The molecule has 1 aromatic carbocycles. The van der Waals surface area contributed by atoms with Crippen molar-refractivity contribution in [3.8, 4) is 0 Å². The molecule has 4 N–H and O–H groups in total. The molecule has 0 aliphatic carbocycles. The monoisotopic (exact) mass is 379 g/mol. The van der Waals surface area contributed by atoms with E-state index in [-0.39, 0.29) is 25.0 Å². The zero-order valence-electron chi connectivity index (χ0n) is 14.5. The zero-order valence-corrected chi connectivity index (χ0v) is 15.2. The molecule has 2 atom stereocenters. The van der Waals surface area contributed by atoms with Crippen molar-refractivity contribution in [3.05, 3.63) is 40.1 Å². The minimum Gasteiger partial charge on any atom is -0.392 e. The maximum atomic E-state index is 12.6. The van der Waals surface area contributed by atoms with E-state index in [9.17, 15) is 9.90 Å². The SMILES string of the molecule is Cc1cc(Cl)cc(CO)c1N1C=C2C(=O)NC(N3CCOCC3)NC2N1. The van der Waals surface area contributed by atoms with Gasteiger partial charge in [-0.3, -0.25) is 20.0 Å². The van der Waals surface area contributed by atoms with Gasteiger partial charge >= 0.3 is 0 Å². The number of halogens is 1. The van der Waals surface area contributed by atoms with Gasteiger partial charge in [-0.15, -0.1) is 0 Å². The molecule has 9 heteroatoms. The number of nitrogens with one attached hydrogen (secondary N) is 3. The third kappa shape index (κ3) is 3.20. The van der Waals surface area contributed by atoms with Crippen LogP contribution in [0, 0.1) is 6.92 Å². The fraction of sp³-hybridized carbons (Fsp3) is 0.471. The van der Waals surface area contributed by atoms with Crippen LogP contribution in [0.2, 0.25) is 5.02 Å². The Morgan fingerprint density at radius 1 is 1.35 bits per heavy atom. The molecule has 0 bridgehead atoms. The predicted octanol–water partition coefficient (Wildman–Crippen LogP) is 0.0105. The molecule has 1 amide bonds. The van der Waals surface area contributed by atoms with Gasteiger partial charge in [-0.1, -0.05) is 11.6 Å². The summed E-state index contributed by atoms with van der Waals surface area (Å²) in [5.41, 5.74) is 6.32. The van der Waals surface area contributed by atoms with Gasteiger partial charge in [0.1, 0.15) is 12.5 Å². The molecular formula is C17H22ClN5O3. The summed E-state index contributed by atoms with van der Waals surface area (Å²) in [6.07, 6.45) is 1.21. The summed E-state index contributed by atoms with van der Waals surface area (Å²) in [4.78, 5) is 14.7. The molecule has 26 heavy (non-hydrogen) atoms. The summed E-state index contributed by atoms with van der Waals surface area (Å²) in [6.45, 7) is 4.62. The second-order valence-electron chi connectivity index (χ2n) is 6.60. The zero-order chi connectivity index (χ0) is 18.3. The maximum Gasteiger partial charge on any atom is 0.254 e. The van der Waals surface area contributed by atoms with Crippen molar-refractivity contribution in [1.29, 1.82) is 0 Å². The Balaban J connectivity index is 1.57. The Bertz CT molecular complexity index is 750. The number of aliphatic hydroxyl groups excluding tert-OH is 1. The molecule has 0 aromatic heterocycles. The first-order valence-corrected chi connectivity index (χ1v) is 9.00. The molecule has 4 rings (SSSR count). The third-order valence-corrected chi connectivity index (χ3v) is 5.09. The average Bonchev–Trinajstić information content (AvgIpc) is 3.05. The van der Waals surface area contributed by atoms with Crippen LogP contribution in [-0.4, -0.2) is 54.7 Å². The minimum absolute atomic E-state index is 0.114. The number of rotatable bonds is 3. The van der Waals surface area contributed by atoms with E-state index in [0.717, 1.165) is 24.3 Å². The number of hydrazine groups is 1. The summed E-state index contributed by atoms with van der Waals surface area (Å²) < 4.78 is 5.38. The summed E-state index contributed by atoms with van der Waals surface area (Å²) >= 11 is 6.10. The quantitative estimate of drug-likeness (QED) is 0.588. The number of carbonyl (C=O) groups excluding carboxylic acids is 1. The highest BCUT2D eigenvalue weighted by Gasteiger charge is 2.39. The van der Waals surface area contributed by atoms with Crippen LogP contribution in [0.1, 0.15) is 11.1 Å². The number of morpholine rings is 1. The van der Waals surface area contributed by atoms with Gasteiger partial charge in [0.2, 0.25) is 0 Å². The summed E-state index contributed by atoms with van der Waals surface area (Å²) in [5.74, 6) is -0.114. The van der Waals surface area contributed by atoms with Gasteiger partial charge in [0.05, 0.1) is 31.1 Å². The van der Waals surface area contributed by atoms with E-state index in [1.807, 2.05) is 13.0 Å². The number of amides is 1. The van der Waals surface area contributed by atoms with E-state index >= 15 is 0 Å². The smallest absolute Gasteiger partial charge is 0.254 e. The summed E-state index contributed by atoms with van der Waals surface area (Å²) in [7, 11) is 0. The van der Waals surface area contributed by atoms with Crippen molar-refractivity contribution >= 4 is 23.2 Å². The first-order chi connectivity index (χ1) is 12.6. The second-order valence-corrected chi connectivity index (χ2v) is 7.03. The van der Waals surface area contributed by atoms with Crippen LogP contribution in [0.25, 0.3) is 0 Å². The van der Waals surface area contributed by atoms with Crippen LogP contribution in [0.3, 0.4) is 0 Å². The van der Waals surface area contributed by atoms with Crippen LogP contribution in [0.4, 0.5) is 5.69 Å². The largest absolute Gasteiger partial charge is 0.392 e. The first kappa shape index (κ1) is 17.7. The number of aliphatic hydroxyl groups is 1. The lowest BCUT2D eigenvalue weighted by Gasteiger charge is -2.40. The lowest BCUT2D eigenvalue weighted by Crippen LogP contribution is -2.68. The third-order valence-electron chi connectivity index (χ3n) is 4.87. The molecule has 3 aliphatic rings. The van der Waals surface area contributed by atoms with Crippen LogP contribution in [0.5, 0.6) is 0 Å². The normalized spacial score (nSPS) is 26.5. The van der Waals surface area contributed by atoms with Gasteiger partial charge in [0.15, 0.2) is 0 Å². The molecule has 8 nitrogen and oxygen atoms in total. The van der Waals surface area contributed by atoms with E-state index in [4.69, 9.17) is 16.3 Å². The highest BCUT2D eigenvalue weighted by molar-refractivity contribution is 6.30. The molecule has 0 spiro atoms. The first-order valence-electron chi connectivity index (χ1n) is 8.62. The van der Waals surface area contributed by atoms with E-state index in [1.54, 1.807) is 17.3 Å². The Morgan fingerprint density at radius 3 is 2.85 bits per heavy atom. The topological polar surface area (TPSA) is 89.1 Å². The standard InChI is InChI=1S/C17H22ClN5O3/c1-10-6-12(18)7-11(9-24)14(10)23-8-13-15(21-23)19-17(20-16(13)25)22-2-4-26-5-3-22/h6-8,15,17,19,21,24H,2-5,9H2,1H3,(H,20,25). The predicted molar refractivity (Wildman–Crippen MR) is 97.1 cm³/mol. The van der Waals surface area contributed by atoms with Crippen molar-refractivity contribution in [2.45, 2.75) is 26.0 Å². The molecule has 3 aliphatic heterocycles. The van der Waals surface area contributed by atoms with Crippen LogP contribution in [-0.2, 0) is 16.1 Å². The average molecular weight is 380 g/mol. The van der Waals surface area contributed by atoms with Gasteiger partial charge in [-0.2, -0.15) is 0 Å². The molecule has 0 saturated carbocycles. The highest BCUT2D eigenvalue weighted by atomic mass is 35.5. The van der Waals surface area contributed by atoms with Crippen molar-refractivity contribution in [2.24, 2.45) is 0 Å². The van der Waals surface area contributed by atoms with Crippen molar-refractivity contribution in [1.82, 2.24) is 21.0 Å². The molecule has 1 aromatic rings. The molecule has 2 fully saturated rings. The maximum absolute atomic E-state index is 12.6. The fourth-order valence-electron chi connectivity index (χ4n) is 3.61. The van der Waals surface area contributed by atoms with Crippen LogP contribution < -0.4 is 21.1 Å². The lowest BCUT2D eigenvalue weighted by molar-refractivity contribution is -0.123. The molecule has 2 saturated heterocycles. The number of benzene rings is 1. The van der Waals surface area contributed by atoms with Crippen LogP contribution >= 0.6 is 11.6 Å². The van der Waals surface area contributed by atoms with Crippen molar-refractivity contribution < 1.29 is 14.6 Å². The van der Waals surface area contributed by atoms with Crippen molar-refractivity contribution in [2.75, 3.05) is 31.3 Å². The lowest BCUT2D eigenvalue weighted by atomic mass is 10.1. The number of anilines is 1. The molecular weight excluding hydrogens is 358 g/mol. The van der Waals surface area contributed by atoms with Crippen molar-refractivity contribution in [3.63, 3.8) is 0 Å². The molecule has 140 valence electrons. The van der Waals surface area contributed by atoms with E-state index in [2.05, 4.69) is 21.0 Å². The Morgan fingerprint density at radius 2 is 2.12 bits per heavy atom. The highest BCUT2D eigenvalue weighted by Crippen LogP contribution is 2.31. The van der Waals surface area contributed by atoms with E-state index in [1.165, 1.54) is 0 Å². The van der Waals surface area contributed by atoms with Gasteiger partial charge in [0.25, 0.3) is 5.91 Å². The Labute approximate surface area is 156 Å². The molecule has 0 radical (unpaired) electrons. The van der Waals surface area contributed by atoms with Gasteiger partial charge in [-0.25, -0.2) is 5.43 Å². The Kier molecular flexibility index (Phi) is 4.87. The number of aryl methyl sites for hydroxylation is 1. The number of hydrogen-bond acceptors (Lipinski definition) is 7. The second kappa shape index (κ2) is 7.15. The number of carbonyl (C=O) groups is 1. The van der Waals surface area contributed by atoms with E-state index in [0.29, 0.717) is 29.4 Å². The molecule has 3 heterocycles. The number of nitrogens with zero attached hydrogens (tertiary/aromatic N) is 2. The van der Waals surface area contributed by atoms with Gasteiger partial charge < -0.3 is 15.2 Å². The Hall–Kier alpha value is -1.68. The number of hydrogen-bond donors (Lipinski definition) is 4. The van der Waals surface area contributed by atoms with Gasteiger partial charge in [-0.05, 0) is 24.6 Å². The fourth-order valence-corrected chi connectivity index (χ4v) is 3.91. The number of fused-ring (bicyclic) bond motifs is 1. The molecule has 2 unspecified atom stereocenters.